The van der Waals surface area contributed by atoms with Crippen molar-refractivity contribution in [2.45, 2.75) is 32.9 Å². The van der Waals surface area contributed by atoms with Gasteiger partial charge in [0.15, 0.2) is 0 Å². The van der Waals surface area contributed by atoms with Crippen molar-refractivity contribution in [3.63, 3.8) is 0 Å². The summed E-state index contributed by atoms with van der Waals surface area (Å²) >= 11 is 0. The second-order valence-corrected chi connectivity index (χ2v) is 4.95. The Labute approximate surface area is 95.9 Å². The van der Waals surface area contributed by atoms with Crippen LogP contribution in [0, 0.1) is 0 Å². The van der Waals surface area contributed by atoms with E-state index < -0.39 is 0 Å². The van der Waals surface area contributed by atoms with Crippen LogP contribution in [-0.2, 0) is 6.54 Å². The first-order valence-corrected chi connectivity index (χ1v) is 5.50. The molecular weight excluding hydrogens is 198 g/mol. The molecule has 0 saturated heterocycles. The van der Waals surface area contributed by atoms with Crippen LogP contribution in [0.1, 0.15) is 26.5 Å². The van der Waals surface area contributed by atoms with Crippen molar-refractivity contribution in [2.75, 3.05) is 0 Å². The van der Waals surface area contributed by atoms with Crippen LogP contribution >= 0.6 is 0 Å². The van der Waals surface area contributed by atoms with Crippen molar-refractivity contribution in [2.24, 2.45) is 0 Å². The fourth-order valence-electron chi connectivity index (χ4n) is 1.44. The van der Waals surface area contributed by atoms with Crippen molar-refractivity contribution in [3.05, 3.63) is 36.2 Å². The van der Waals surface area contributed by atoms with Crippen LogP contribution in [0.3, 0.4) is 0 Å². The monoisotopic (exact) mass is 215 g/mol. The Morgan fingerprint density at radius 3 is 2.50 bits per heavy atom. The summed E-state index contributed by atoms with van der Waals surface area (Å²) in [6.07, 6.45) is 1.83. The first kappa shape index (κ1) is 11.0. The van der Waals surface area contributed by atoms with Gasteiger partial charge in [-0.05, 0) is 32.9 Å². The Balaban J connectivity index is 2.20. The standard InChI is InChI=1S/C13H17N3/c1-13(2,3)15-9-10-8-14-11-6-4-5-7-12(11)16-10/h4-8,15H,9H2,1-3H3. The van der Waals surface area contributed by atoms with Gasteiger partial charge >= 0.3 is 0 Å². The van der Waals surface area contributed by atoms with Crippen molar-refractivity contribution in [1.29, 1.82) is 0 Å². The summed E-state index contributed by atoms with van der Waals surface area (Å²) in [5, 5.41) is 3.40. The summed E-state index contributed by atoms with van der Waals surface area (Å²) in [5.74, 6) is 0. The van der Waals surface area contributed by atoms with Crippen LogP contribution in [0.2, 0.25) is 0 Å². The topological polar surface area (TPSA) is 37.8 Å². The maximum Gasteiger partial charge on any atom is 0.0890 e. The molecule has 0 spiro atoms. The lowest BCUT2D eigenvalue weighted by atomic mass is 10.1. The van der Waals surface area contributed by atoms with E-state index in [1.165, 1.54) is 0 Å². The van der Waals surface area contributed by atoms with E-state index in [-0.39, 0.29) is 5.54 Å². The average Bonchev–Trinajstić information content (AvgIpc) is 2.25. The van der Waals surface area contributed by atoms with E-state index >= 15 is 0 Å². The molecule has 2 aromatic rings. The molecule has 0 radical (unpaired) electrons. The summed E-state index contributed by atoms with van der Waals surface area (Å²) in [6.45, 7) is 7.17. The predicted molar refractivity (Wildman–Crippen MR) is 66.1 cm³/mol. The highest BCUT2D eigenvalue weighted by molar-refractivity contribution is 5.73. The van der Waals surface area contributed by atoms with E-state index in [2.05, 4.69) is 36.1 Å². The smallest absolute Gasteiger partial charge is 0.0890 e. The van der Waals surface area contributed by atoms with Crippen LogP contribution in [0.15, 0.2) is 30.5 Å². The van der Waals surface area contributed by atoms with Crippen LogP contribution in [-0.4, -0.2) is 15.5 Å². The summed E-state index contributed by atoms with van der Waals surface area (Å²) in [5.41, 5.74) is 2.99. The molecule has 1 aromatic carbocycles. The van der Waals surface area contributed by atoms with E-state index in [0.29, 0.717) is 0 Å². The van der Waals surface area contributed by atoms with Gasteiger partial charge in [-0.15, -0.1) is 0 Å². The molecule has 0 aliphatic rings. The number of hydrogen-bond acceptors (Lipinski definition) is 3. The average molecular weight is 215 g/mol. The number of hydrogen-bond donors (Lipinski definition) is 1. The molecule has 0 fully saturated rings. The van der Waals surface area contributed by atoms with Crippen molar-refractivity contribution >= 4 is 11.0 Å². The molecule has 0 unspecified atom stereocenters. The van der Waals surface area contributed by atoms with Crippen LogP contribution < -0.4 is 5.32 Å². The quantitative estimate of drug-likeness (QED) is 0.836. The SMILES string of the molecule is CC(C)(C)NCc1cnc2ccccc2n1. The molecule has 2 rings (SSSR count). The molecule has 3 heteroatoms. The number of fused-ring (bicyclic) bond motifs is 1. The number of nitrogens with zero attached hydrogens (tertiary/aromatic N) is 2. The lowest BCUT2D eigenvalue weighted by Gasteiger charge is -2.20. The number of para-hydroxylation sites is 2. The third-order valence-electron chi connectivity index (χ3n) is 2.30. The number of aromatic nitrogens is 2. The normalized spacial score (nSPS) is 11.9. The maximum atomic E-state index is 4.55. The molecule has 0 amide bonds. The van der Waals surface area contributed by atoms with Gasteiger partial charge in [-0.2, -0.15) is 0 Å². The van der Waals surface area contributed by atoms with Gasteiger partial charge in [0.25, 0.3) is 0 Å². The lowest BCUT2D eigenvalue weighted by molar-refractivity contribution is 0.421. The van der Waals surface area contributed by atoms with E-state index in [0.717, 1.165) is 23.3 Å². The van der Waals surface area contributed by atoms with Gasteiger partial charge in [-0.1, -0.05) is 12.1 Å². The molecular formula is C13H17N3. The fraction of sp³-hybridized carbons (Fsp3) is 0.385. The van der Waals surface area contributed by atoms with Crippen LogP contribution in [0.5, 0.6) is 0 Å². The molecule has 0 aliphatic carbocycles. The van der Waals surface area contributed by atoms with Gasteiger partial charge in [-0.25, -0.2) is 4.98 Å². The second-order valence-electron chi connectivity index (χ2n) is 4.95. The summed E-state index contributed by atoms with van der Waals surface area (Å²) in [6, 6.07) is 7.92. The molecule has 0 bridgehead atoms. The molecule has 3 nitrogen and oxygen atoms in total. The number of rotatable bonds is 2. The Bertz CT molecular complexity index is 486. The maximum absolute atomic E-state index is 4.55. The zero-order valence-electron chi connectivity index (χ0n) is 9.99. The first-order valence-electron chi connectivity index (χ1n) is 5.50. The van der Waals surface area contributed by atoms with Gasteiger partial charge in [-0.3, -0.25) is 4.98 Å². The van der Waals surface area contributed by atoms with Crippen molar-refractivity contribution in [1.82, 2.24) is 15.3 Å². The Morgan fingerprint density at radius 2 is 1.81 bits per heavy atom. The zero-order chi connectivity index (χ0) is 11.6. The van der Waals surface area contributed by atoms with E-state index in [9.17, 15) is 0 Å². The minimum absolute atomic E-state index is 0.104. The molecule has 0 atom stereocenters. The molecule has 16 heavy (non-hydrogen) atoms. The minimum atomic E-state index is 0.104. The molecule has 1 N–H and O–H groups in total. The highest BCUT2D eigenvalue weighted by Crippen LogP contribution is 2.09. The van der Waals surface area contributed by atoms with Gasteiger partial charge in [0, 0.05) is 12.1 Å². The lowest BCUT2D eigenvalue weighted by Crippen LogP contribution is -2.35. The third-order valence-corrected chi connectivity index (χ3v) is 2.30. The largest absolute Gasteiger partial charge is 0.306 e. The van der Waals surface area contributed by atoms with Gasteiger partial charge < -0.3 is 5.32 Å². The van der Waals surface area contributed by atoms with E-state index in [1.807, 2.05) is 30.5 Å². The van der Waals surface area contributed by atoms with Gasteiger partial charge in [0.2, 0.25) is 0 Å². The molecule has 0 saturated carbocycles. The van der Waals surface area contributed by atoms with E-state index in [4.69, 9.17) is 0 Å². The Hall–Kier alpha value is -1.48. The second kappa shape index (κ2) is 4.18. The van der Waals surface area contributed by atoms with Gasteiger partial charge in [0.05, 0.1) is 22.9 Å². The summed E-state index contributed by atoms with van der Waals surface area (Å²) < 4.78 is 0. The predicted octanol–water partition coefficient (Wildman–Crippen LogP) is 2.52. The molecule has 0 aliphatic heterocycles. The highest BCUT2D eigenvalue weighted by atomic mass is 15.0. The van der Waals surface area contributed by atoms with Crippen LogP contribution in [0.4, 0.5) is 0 Å². The molecule has 1 heterocycles. The summed E-state index contributed by atoms with van der Waals surface area (Å²) in [4.78, 5) is 8.93. The molecule has 84 valence electrons. The Morgan fingerprint density at radius 1 is 1.12 bits per heavy atom. The zero-order valence-corrected chi connectivity index (χ0v) is 9.99. The minimum Gasteiger partial charge on any atom is -0.306 e. The Kier molecular flexibility index (Phi) is 2.88. The van der Waals surface area contributed by atoms with Crippen molar-refractivity contribution < 1.29 is 0 Å². The van der Waals surface area contributed by atoms with E-state index in [1.54, 1.807) is 0 Å². The van der Waals surface area contributed by atoms with Crippen molar-refractivity contribution in [3.8, 4) is 0 Å². The number of nitrogens with one attached hydrogen (secondary N) is 1. The summed E-state index contributed by atoms with van der Waals surface area (Å²) in [7, 11) is 0. The third kappa shape index (κ3) is 2.76. The van der Waals surface area contributed by atoms with Crippen LogP contribution in [0.25, 0.3) is 11.0 Å². The molecule has 1 aromatic heterocycles. The highest BCUT2D eigenvalue weighted by Gasteiger charge is 2.09. The first-order chi connectivity index (χ1) is 7.54. The fourth-order valence-corrected chi connectivity index (χ4v) is 1.44. The number of benzene rings is 1. The van der Waals surface area contributed by atoms with Gasteiger partial charge in [0.1, 0.15) is 0 Å².